The summed E-state index contributed by atoms with van der Waals surface area (Å²) >= 11 is 0. The molecule has 0 radical (unpaired) electrons. The Morgan fingerprint density at radius 2 is 1.83 bits per heavy atom. The van der Waals surface area contributed by atoms with Gasteiger partial charge in [0.1, 0.15) is 0 Å². The summed E-state index contributed by atoms with van der Waals surface area (Å²) in [6.45, 7) is 8.84. The van der Waals surface area contributed by atoms with Gasteiger partial charge < -0.3 is 9.47 Å². The Morgan fingerprint density at radius 1 is 1.17 bits per heavy atom. The van der Waals surface area contributed by atoms with E-state index >= 15 is 0 Å². The predicted octanol–water partition coefficient (Wildman–Crippen LogP) is 2.48. The van der Waals surface area contributed by atoms with E-state index in [1.165, 1.54) is 12.8 Å². The van der Waals surface area contributed by atoms with Crippen LogP contribution < -0.4 is 0 Å². The van der Waals surface area contributed by atoms with Crippen LogP contribution in [0.5, 0.6) is 0 Å². The van der Waals surface area contributed by atoms with Gasteiger partial charge in [0.05, 0.1) is 13.2 Å². The van der Waals surface area contributed by atoms with Crippen molar-refractivity contribution in [3.05, 3.63) is 0 Å². The summed E-state index contributed by atoms with van der Waals surface area (Å²) in [5.41, 5.74) is 0.208. The molecule has 2 heteroatoms. The Morgan fingerprint density at radius 3 is 2.25 bits per heavy atom. The van der Waals surface area contributed by atoms with Crippen molar-refractivity contribution in [2.45, 2.75) is 33.6 Å². The van der Waals surface area contributed by atoms with E-state index < -0.39 is 0 Å². The molecule has 0 aromatic carbocycles. The maximum atomic E-state index is 5.42. The maximum absolute atomic E-state index is 5.42. The van der Waals surface area contributed by atoms with Crippen LogP contribution in [0.2, 0.25) is 0 Å². The molecule has 0 aromatic rings. The Labute approximate surface area is 76.3 Å². The van der Waals surface area contributed by atoms with Crippen LogP contribution in [0.3, 0.4) is 0 Å². The Kier molecular flexibility index (Phi) is 6.39. The smallest absolute Gasteiger partial charge is 0.0541 e. The lowest BCUT2D eigenvalue weighted by Gasteiger charge is -2.27. The fourth-order valence-corrected chi connectivity index (χ4v) is 1.49. The van der Waals surface area contributed by atoms with Crippen LogP contribution in [0.25, 0.3) is 0 Å². The number of ether oxygens (including phenoxy) is 2. The van der Waals surface area contributed by atoms with Crippen molar-refractivity contribution < 1.29 is 9.47 Å². The summed E-state index contributed by atoms with van der Waals surface area (Å²) in [4.78, 5) is 0. The summed E-state index contributed by atoms with van der Waals surface area (Å²) in [6, 6.07) is 0. The average Bonchev–Trinajstić information content (AvgIpc) is 2.02. The van der Waals surface area contributed by atoms with Crippen LogP contribution in [0, 0.1) is 5.41 Å². The Hall–Kier alpha value is -0.0800. The highest BCUT2D eigenvalue weighted by Gasteiger charge is 2.23. The molecule has 12 heavy (non-hydrogen) atoms. The van der Waals surface area contributed by atoms with E-state index in [1.54, 1.807) is 7.11 Å². The molecule has 74 valence electrons. The summed E-state index contributed by atoms with van der Waals surface area (Å²) < 4.78 is 10.6. The van der Waals surface area contributed by atoms with Gasteiger partial charge in [0.2, 0.25) is 0 Å². The first kappa shape index (κ1) is 11.9. The van der Waals surface area contributed by atoms with Gasteiger partial charge in [0.15, 0.2) is 0 Å². The van der Waals surface area contributed by atoms with Crippen LogP contribution in [0.1, 0.15) is 33.6 Å². The highest BCUT2D eigenvalue weighted by atomic mass is 16.5. The molecule has 0 saturated heterocycles. The Bertz CT molecular complexity index is 96.0. The summed E-state index contributed by atoms with van der Waals surface area (Å²) in [5, 5.41) is 0. The van der Waals surface area contributed by atoms with Gasteiger partial charge in [-0.2, -0.15) is 0 Å². The predicted molar refractivity (Wildman–Crippen MR) is 51.4 cm³/mol. The van der Waals surface area contributed by atoms with Gasteiger partial charge >= 0.3 is 0 Å². The third-order valence-electron chi connectivity index (χ3n) is 2.00. The second kappa shape index (κ2) is 6.44. The largest absolute Gasteiger partial charge is 0.384 e. The molecule has 1 atom stereocenters. The normalized spacial score (nSPS) is 16.0. The molecular formula is C10H22O2. The zero-order valence-corrected chi connectivity index (χ0v) is 8.85. The van der Waals surface area contributed by atoms with Gasteiger partial charge in [-0.25, -0.2) is 0 Å². The monoisotopic (exact) mass is 174 g/mol. The fraction of sp³-hybridized carbons (Fsp3) is 1.00. The SMILES string of the molecule is CCCC(C)(COC)COCC. The molecule has 0 amide bonds. The number of rotatable bonds is 7. The molecule has 0 rings (SSSR count). The number of methoxy groups -OCH3 is 1. The van der Waals surface area contributed by atoms with Gasteiger partial charge in [-0.1, -0.05) is 20.3 Å². The van der Waals surface area contributed by atoms with Crippen LogP contribution >= 0.6 is 0 Å². The molecule has 0 N–H and O–H groups in total. The lowest BCUT2D eigenvalue weighted by atomic mass is 9.87. The minimum absolute atomic E-state index is 0.208. The van der Waals surface area contributed by atoms with Gasteiger partial charge in [0, 0.05) is 19.1 Å². The van der Waals surface area contributed by atoms with Crippen molar-refractivity contribution in [2.75, 3.05) is 26.9 Å². The number of hydrogen-bond donors (Lipinski definition) is 0. The van der Waals surface area contributed by atoms with Crippen LogP contribution in [0.4, 0.5) is 0 Å². The molecule has 0 aliphatic carbocycles. The van der Waals surface area contributed by atoms with E-state index in [0.29, 0.717) is 0 Å². The van der Waals surface area contributed by atoms with Crippen molar-refractivity contribution >= 4 is 0 Å². The molecule has 0 saturated carbocycles. The second-order valence-corrected chi connectivity index (χ2v) is 3.63. The van der Waals surface area contributed by atoms with Gasteiger partial charge in [-0.15, -0.1) is 0 Å². The highest BCUT2D eigenvalue weighted by Crippen LogP contribution is 2.23. The summed E-state index contributed by atoms with van der Waals surface area (Å²) in [6.07, 6.45) is 2.35. The third-order valence-corrected chi connectivity index (χ3v) is 2.00. The van der Waals surface area contributed by atoms with E-state index in [2.05, 4.69) is 13.8 Å². The minimum atomic E-state index is 0.208. The molecule has 1 unspecified atom stereocenters. The lowest BCUT2D eigenvalue weighted by Crippen LogP contribution is -2.28. The van der Waals surface area contributed by atoms with Crippen molar-refractivity contribution in [2.24, 2.45) is 5.41 Å². The fourth-order valence-electron chi connectivity index (χ4n) is 1.49. The van der Waals surface area contributed by atoms with Crippen LogP contribution in [-0.4, -0.2) is 26.9 Å². The third kappa shape index (κ3) is 4.73. The molecule has 0 heterocycles. The molecule has 0 fully saturated rings. The zero-order chi connectivity index (χ0) is 9.45. The number of hydrogen-bond acceptors (Lipinski definition) is 2. The van der Waals surface area contributed by atoms with E-state index in [0.717, 1.165) is 19.8 Å². The average molecular weight is 174 g/mol. The first-order valence-corrected chi connectivity index (χ1v) is 4.75. The second-order valence-electron chi connectivity index (χ2n) is 3.63. The molecule has 0 aliphatic heterocycles. The Balaban J connectivity index is 3.80. The van der Waals surface area contributed by atoms with Crippen molar-refractivity contribution in [3.63, 3.8) is 0 Å². The van der Waals surface area contributed by atoms with E-state index in [9.17, 15) is 0 Å². The standard InChI is InChI=1S/C10H22O2/c1-5-7-10(3,8-11-4)9-12-6-2/h5-9H2,1-4H3. The maximum Gasteiger partial charge on any atom is 0.0541 e. The first-order valence-electron chi connectivity index (χ1n) is 4.75. The molecule has 0 bridgehead atoms. The molecule has 0 aliphatic rings. The topological polar surface area (TPSA) is 18.5 Å². The van der Waals surface area contributed by atoms with Crippen LogP contribution in [-0.2, 0) is 9.47 Å². The minimum Gasteiger partial charge on any atom is -0.384 e. The van der Waals surface area contributed by atoms with E-state index in [4.69, 9.17) is 9.47 Å². The molecule has 2 nitrogen and oxygen atoms in total. The molecular weight excluding hydrogens is 152 g/mol. The van der Waals surface area contributed by atoms with Gasteiger partial charge in [-0.3, -0.25) is 0 Å². The van der Waals surface area contributed by atoms with Crippen LogP contribution in [0.15, 0.2) is 0 Å². The molecule has 0 spiro atoms. The first-order chi connectivity index (χ1) is 5.68. The molecule has 0 aromatic heterocycles. The van der Waals surface area contributed by atoms with Crippen molar-refractivity contribution in [1.82, 2.24) is 0 Å². The van der Waals surface area contributed by atoms with E-state index in [-0.39, 0.29) is 5.41 Å². The van der Waals surface area contributed by atoms with E-state index in [1.807, 2.05) is 6.92 Å². The van der Waals surface area contributed by atoms with Gasteiger partial charge in [-0.05, 0) is 13.3 Å². The summed E-state index contributed by atoms with van der Waals surface area (Å²) in [5.74, 6) is 0. The zero-order valence-electron chi connectivity index (χ0n) is 8.85. The quantitative estimate of drug-likeness (QED) is 0.590. The highest BCUT2D eigenvalue weighted by molar-refractivity contribution is 4.72. The van der Waals surface area contributed by atoms with Gasteiger partial charge in [0.25, 0.3) is 0 Å². The summed E-state index contributed by atoms with van der Waals surface area (Å²) in [7, 11) is 1.75. The lowest BCUT2D eigenvalue weighted by molar-refractivity contribution is 0.00117. The van der Waals surface area contributed by atoms with Crippen molar-refractivity contribution in [3.8, 4) is 0 Å². The van der Waals surface area contributed by atoms with Crippen molar-refractivity contribution in [1.29, 1.82) is 0 Å².